The largest absolute Gasteiger partial charge is 0.348 e. The summed E-state index contributed by atoms with van der Waals surface area (Å²) >= 11 is 0. The molecule has 0 fully saturated rings. The average molecular weight is 322 g/mol. The van der Waals surface area contributed by atoms with Crippen molar-refractivity contribution in [1.82, 2.24) is 9.88 Å². The Kier molecular flexibility index (Phi) is 4.42. The summed E-state index contributed by atoms with van der Waals surface area (Å²) in [5, 5.41) is 2.61. The van der Waals surface area contributed by atoms with Crippen molar-refractivity contribution in [2.24, 2.45) is 0 Å². The van der Waals surface area contributed by atoms with E-state index in [1.165, 1.54) is 16.7 Å². The fourth-order valence-electron chi connectivity index (χ4n) is 2.96. The molecule has 1 aliphatic rings. The smallest absolute Gasteiger partial charge is 0.268 e. The zero-order valence-electron chi connectivity index (χ0n) is 13.2. The third-order valence-corrected chi connectivity index (χ3v) is 4.09. The van der Waals surface area contributed by atoms with Crippen LogP contribution in [0.1, 0.15) is 39.3 Å². The van der Waals surface area contributed by atoms with Gasteiger partial charge in [0.05, 0.1) is 0 Å². The second-order valence-electron chi connectivity index (χ2n) is 5.67. The first kappa shape index (κ1) is 15.9. The van der Waals surface area contributed by atoms with Crippen LogP contribution in [0.3, 0.4) is 0 Å². The van der Waals surface area contributed by atoms with Crippen LogP contribution in [0.5, 0.6) is 0 Å². The molecule has 24 heavy (non-hydrogen) atoms. The number of benzene rings is 1. The summed E-state index contributed by atoms with van der Waals surface area (Å²) in [6.45, 7) is 3.80. The third kappa shape index (κ3) is 2.80. The molecule has 0 saturated heterocycles. The lowest BCUT2D eigenvalue weighted by atomic mass is 9.92. The molecule has 122 valence electrons. The molecule has 1 heterocycles. The Morgan fingerprint density at radius 1 is 1.21 bits per heavy atom. The van der Waals surface area contributed by atoms with Gasteiger partial charge in [-0.2, -0.15) is 0 Å². The maximum Gasteiger partial charge on any atom is 0.268 e. The van der Waals surface area contributed by atoms with E-state index in [-0.39, 0.29) is 17.9 Å². The molecular formula is C19H18N2O3. The maximum atomic E-state index is 12.9. The molecule has 0 unspecified atom stereocenters. The lowest BCUT2D eigenvalue weighted by molar-refractivity contribution is 0.0956. The highest BCUT2D eigenvalue weighted by atomic mass is 16.2. The molecule has 1 aromatic heterocycles. The number of pyridine rings is 1. The Balaban J connectivity index is 2.25. The van der Waals surface area contributed by atoms with Crippen molar-refractivity contribution in [2.75, 3.05) is 6.54 Å². The molecule has 1 aromatic carbocycles. The summed E-state index contributed by atoms with van der Waals surface area (Å²) in [5.74, 6) is -0.524. The number of carbonyl (C=O) groups is 2. The van der Waals surface area contributed by atoms with Crippen LogP contribution in [0.2, 0.25) is 0 Å². The molecule has 3 rings (SSSR count). The molecule has 0 spiro atoms. The van der Waals surface area contributed by atoms with Gasteiger partial charge in [-0.05, 0) is 31.0 Å². The molecule has 0 radical (unpaired) electrons. The zero-order chi connectivity index (χ0) is 17.1. The highest BCUT2D eigenvalue weighted by molar-refractivity contribution is 6.02. The van der Waals surface area contributed by atoms with Gasteiger partial charge >= 0.3 is 0 Å². The fourth-order valence-corrected chi connectivity index (χ4v) is 2.96. The van der Waals surface area contributed by atoms with E-state index >= 15 is 0 Å². The third-order valence-electron chi connectivity index (χ3n) is 4.09. The van der Waals surface area contributed by atoms with Gasteiger partial charge in [-0.15, -0.1) is 6.58 Å². The summed E-state index contributed by atoms with van der Waals surface area (Å²) in [6, 6.07) is 10.5. The first-order valence-corrected chi connectivity index (χ1v) is 7.90. The van der Waals surface area contributed by atoms with Crippen LogP contribution < -0.4 is 10.9 Å². The minimum Gasteiger partial charge on any atom is -0.348 e. The van der Waals surface area contributed by atoms with Crippen molar-refractivity contribution in [2.45, 2.75) is 19.3 Å². The molecular weight excluding hydrogens is 304 g/mol. The van der Waals surface area contributed by atoms with Crippen LogP contribution in [0.25, 0.3) is 5.69 Å². The second-order valence-corrected chi connectivity index (χ2v) is 5.67. The Labute approximate surface area is 139 Å². The molecule has 2 aromatic rings. The van der Waals surface area contributed by atoms with E-state index in [0.29, 0.717) is 36.2 Å². The molecule has 0 saturated carbocycles. The highest BCUT2D eigenvalue weighted by Crippen LogP contribution is 2.23. The monoisotopic (exact) mass is 322 g/mol. The van der Waals surface area contributed by atoms with Gasteiger partial charge < -0.3 is 5.32 Å². The van der Waals surface area contributed by atoms with Crippen molar-refractivity contribution < 1.29 is 9.59 Å². The Morgan fingerprint density at radius 3 is 2.67 bits per heavy atom. The molecule has 0 aliphatic heterocycles. The molecule has 1 amide bonds. The van der Waals surface area contributed by atoms with Gasteiger partial charge in [0.25, 0.3) is 11.5 Å². The summed E-state index contributed by atoms with van der Waals surface area (Å²) in [4.78, 5) is 37.5. The molecule has 5 heteroatoms. The summed E-state index contributed by atoms with van der Waals surface area (Å²) in [5.41, 5.74) is 1.38. The van der Waals surface area contributed by atoms with Gasteiger partial charge in [-0.1, -0.05) is 24.3 Å². The summed E-state index contributed by atoms with van der Waals surface area (Å²) in [6.07, 6.45) is 3.32. The second kappa shape index (κ2) is 6.66. The standard InChI is InChI=1S/C19H18N2O3/c1-2-11-20-18(23)15-12-14-16(9-6-10-17(14)22)21(19(15)24)13-7-4-3-5-8-13/h2-5,7-8,12H,1,6,9-11H2,(H,20,23). The van der Waals surface area contributed by atoms with E-state index in [9.17, 15) is 14.4 Å². The molecule has 0 bridgehead atoms. The predicted octanol–water partition coefficient (Wildman–Crippen LogP) is 2.27. The average Bonchev–Trinajstić information content (AvgIpc) is 2.60. The number of nitrogens with one attached hydrogen (secondary N) is 1. The Bertz CT molecular complexity index is 866. The number of fused-ring (bicyclic) bond motifs is 1. The first-order valence-electron chi connectivity index (χ1n) is 7.90. The number of Topliss-reactive ketones (excluding diaryl/α,β-unsaturated/α-hetero) is 1. The van der Waals surface area contributed by atoms with Gasteiger partial charge in [0, 0.05) is 29.9 Å². The predicted molar refractivity (Wildman–Crippen MR) is 91.8 cm³/mol. The number of aromatic nitrogens is 1. The van der Waals surface area contributed by atoms with Crippen LogP contribution in [0.15, 0.2) is 53.8 Å². The van der Waals surface area contributed by atoms with E-state index in [4.69, 9.17) is 0 Å². The molecule has 0 atom stereocenters. The van der Waals surface area contributed by atoms with Crippen molar-refractivity contribution in [3.05, 3.63) is 76.2 Å². The van der Waals surface area contributed by atoms with E-state index in [0.717, 1.165) is 0 Å². The lowest BCUT2D eigenvalue weighted by Gasteiger charge is -2.21. The number of amides is 1. The molecule has 1 aliphatic carbocycles. The number of ketones is 1. The van der Waals surface area contributed by atoms with Crippen molar-refractivity contribution in [3.8, 4) is 5.69 Å². The molecule has 1 N–H and O–H groups in total. The van der Waals surface area contributed by atoms with Crippen molar-refractivity contribution in [1.29, 1.82) is 0 Å². The van der Waals surface area contributed by atoms with Crippen molar-refractivity contribution in [3.63, 3.8) is 0 Å². The number of rotatable bonds is 4. The first-order chi connectivity index (χ1) is 11.6. The van der Waals surface area contributed by atoms with Gasteiger partial charge in [0.2, 0.25) is 0 Å². The fraction of sp³-hybridized carbons (Fsp3) is 0.211. The van der Waals surface area contributed by atoms with Crippen molar-refractivity contribution >= 4 is 11.7 Å². The number of para-hydroxylation sites is 1. The van der Waals surface area contributed by atoms with Gasteiger partial charge in [0.1, 0.15) is 5.56 Å². The van der Waals surface area contributed by atoms with Gasteiger partial charge in [0.15, 0.2) is 5.78 Å². The maximum absolute atomic E-state index is 12.9. The SMILES string of the molecule is C=CCNC(=O)c1cc2c(n(-c3ccccc3)c1=O)CCCC2=O. The van der Waals surface area contributed by atoms with Gasteiger partial charge in [-0.3, -0.25) is 19.0 Å². The quantitative estimate of drug-likeness (QED) is 0.878. The Morgan fingerprint density at radius 2 is 1.96 bits per heavy atom. The lowest BCUT2D eigenvalue weighted by Crippen LogP contribution is -2.36. The minimum absolute atomic E-state index is 0.0188. The van der Waals surface area contributed by atoms with E-state index in [1.807, 2.05) is 18.2 Å². The number of nitrogens with zero attached hydrogens (tertiary/aromatic N) is 1. The van der Waals surface area contributed by atoms with Crippen LogP contribution >= 0.6 is 0 Å². The Hall–Kier alpha value is -2.95. The van der Waals surface area contributed by atoms with Crippen LogP contribution in [0.4, 0.5) is 0 Å². The molecule has 5 nitrogen and oxygen atoms in total. The van der Waals surface area contributed by atoms with Gasteiger partial charge in [-0.25, -0.2) is 0 Å². The highest BCUT2D eigenvalue weighted by Gasteiger charge is 2.25. The number of carbonyl (C=O) groups excluding carboxylic acids is 2. The minimum atomic E-state index is -0.495. The summed E-state index contributed by atoms with van der Waals surface area (Å²) < 4.78 is 1.50. The van der Waals surface area contributed by atoms with Crippen LogP contribution in [-0.2, 0) is 6.42 Å². The van der Waals surface area contributed by atoms with E-state index in [1.54, 1.807) is 12.1 Å². The topological polar surface area (TPSA) is 68.2 Å². The zero-order valence-corrected chi connectivity index (χ0v) is 13.2. The number of hydrogen-bond acceptors (Lipinski definition) is 3. The normalized spacial score (nSPS) is 13.2. The van der Waals surface area contributed by atoms with Crippen LogP contribution in [-0.4, -0.2) is 22.8 Å². The van der Waals surface area contributed by atoms with E-state index < -0.39 is 11.5 Å². The van der Waals surface area contributed by atoms with Crippen LogP contribution in [0, 0.1) is 0 Å². The van der Waals surface area contributed by atoms with E-state index in [2.05, 4.69) is 11.9 Å². The summed E-state index contributed by atoms with van der Waals surface area (Å²) in [7, 11) is 0. The number of hydrogen-bond donors (Lipinski definition) is 1.